The molecule has 0 saturated heterocycles. The molecule has 5 heteroatoms. The lowest BCUT2D eigenvalue weighted by molar-refractivity contribution is 0.0792. The standard InChI is InChI=1S/C15H26N4O/c1-5-6-7-8-19(4)15(20)12-9-13(11(2)3)17-14(10-12)18-16/h9-11H,5-8,16H2,1-4H3,(H,17,18). The van der Waals surface area contributed by atoms with Crippen LogP contribution in [0.25, 0.3) is 0 Å². The molecule has 0 atom stereocenters. The monoisotopic (exact) mass is 278 g/mol. The van der Waals surface area contributed by atoms with Crippen molar-refractivity contribution in [1.29, 1.82) is 0 Å². The van der Waals surface area contributed by atoms with Gasteiger partial charge in [0.05, 0.1) is 0 Å². The summed E-state index contributed by atoms with van der Waals surface area (Å²) in [5.41, 5.74) is 4.03. The van der Waals surface area contributed by atoms with Gasteiger partial charge >= 0.3 is 0 Å². The highest BCUT2D eigenvalue weighted by atomic mass is 16.2. The van der Waals surface area contributed by atoms with Gasteiger partial charge in [-0.05, 0) is 24.5 Å². The van der Waals surface area contributed by atoms with E-state index in [1.807, 2.05) is 27.0 Å². The largest absolute Gasteiger partial charge is 0.342 e. The van der Waals surface area contributed by atoms with Crippen LogP contribution in [0.15, 0.2) is 12.1 Å². The number of aromatic nitrogens is 1. The van der Waals surface area contributed by atoms with E-state index in [9.17, 15) is 4.79 Å². The van der Waals surface area contributed by atoms with Crippen LogP contribution >= 0.6 is 0 Å². The van der Waals surface area contributed by atoms with Crippen LogP contribution in [0, 0.1) is 0 Å². The highest BCUT2D eigenvalue weighted by Crippen LogP contribution is 2.18. The summed E-state index contributed by atoms with van der Waals surface area (Å²) < 4.78 is 0. The Morgan fingerprint density at radius 2 is 2.10 bits per heavy atom. The maximum Gasteiger partial charge on any atom is 0.253 e. The fraction of sp³-hybridized carbons (Fsp3) is 0.600. The number of nitrogens with zero attached hydrogens (tertiary/aromatic N) is 2. The topological polar surface area (TPSA) is 71.2 Å². The third kappa shape index (κ3) is 4.49. The predicted molar refractivity (Wildman–Crippen MR) is 82.6 cm³/mol. The molecule has 1 heterocycles. The molecule has 0 aromatic carbocycles. The summed E-state index contributed by atoms with van der Waals surface area (Å²) in [7, 11) is 1.84. The molecule has 0 radical (unpaired) electrons. The summed E-state index contributed by atoms with van der Waals surface area (Å²) in [5, 5.41) is 0. The molecule has 0 aliphatic heterocycles. The minimum absolute atomic E-state index is 0.0157. The van der Waals surface area contributed by atoms with Gasteiger partial charge in [-0.15, -0.1) is 0 Å². The van der Waals surface area contributed by atoms with Crippen molar-refractivity contribution in [2.75, 3.05) is 19.0 Å². The molecule has 1 amide bonds. The molecule has 1 rings (SSSR count). The first kappa shape index (κ1) is 16.4. The average Bonchev–Trinajstić information content (AvgIpc) is 2.45. The van der Waals surface area contributed by atoms with Crippen molar-refractivity contribution in [1.82, 2.24) is 9.88 Å². The molecule has 0 spiro atoms. The van der Waals surface area contributed by atoms with Gasteiger partial charge in [0, 0.05) is 24.8 Å². The summed E-state index contributed by atoms with van der Waals surface area (Å²) in [6, 6.07) is 3.55. The molecule has 0 saturated carbocycles. The summed E-state index contributed by atoms with van der Waals surface area (Å²) in [6.07, 6.45) is 3.32. The first-order chi connectivity index (χ1) is 9.49. The number of hydrazine groups is 1. The fourth-order valence-electron chi connectivity index (χ4n) is 1.97. The zero-order valence-corrected chi connectivity index (χ0v) is 12.9. The summed E-state index contributed by atoms with van der Waals surface area (Å²) in [5.74, 6) is 6.22. The summed E-state index contributed by atoms with van der Waals surface area (Å²) >= 11 is 0. The third-order valence-corrected chi connectivity index (χ3v) is 3.28. The Morgan fingerprint density at radius 3 is 2.65 bits per heavy atom. The van der Waals surface area contributed by atoms with E-state index >= 15 is 0 Å². The molecule has 0 aliphatic carbocycles. The van der Waals surface area contributed by atoms with Gasteiger partial charge in [0.25, 0.3) is 5.91 Å². The minimum atomic E-state index is 0.0157. The number of anilines is 1. The second-order valence-electron chi connectivity index (χ2n) is 5.40. The SMILES string of the molecule is CCCCCN(C)C(=O)c1cc(NN)nc(C(C)C)c1. The Bertz CT molecular complexity index is 445. The summed E-state index contributed by atoms with van der Waals surface area (Å²) in [4.78, 5) is 18.5. The van der Waals surface area contributed by atoms with Gasteiger partial charge in [-0.2, -0.15) is 0 Å². The van der Waals surface area contributed by atoms with E-state index < -0.39 is 0 Å². The van der Waals surface area contributed by atoms with E-state index in [1.165, 1.54) is 0 Å². The zero-order chi connectivity index (χ0) is 15.1. The van der Waals surface area contributed by atoms with Crippen LogP contribution in [0.4, 0.5) is 5.82 Å². The van der Waals surface area contributed by atoms with Gasteiger partial charge < -0.3 is 10.3 Å². The van der Waals surface area contributed by atoms with E-state index in [2.05, 4.69) is 17.3 Å². The van der Waals surface area contributed by atoms with E-state index in [0.29, 0.717) is 11.4 Å². The summed E-state index contributed by atoms with van der Waals surface area (Å²) in [6.45, 7) is 7.01. The molecule has 5 nitrogen and oxygen atoms in total. The Morgan fingerprint density at radius 1 is 1.40 bits per heavy atom. The Balaban J connectivity index is 2.88. The van der Waals surface area contributed by atoms with Crippen molar-refractivity contribution in [2.45, 2.75) is 46.0 Å². The average molecular weight is 278 g/mol. The maximum atomic E-state index is 12.4. The predicted octanol–water partition coefficient (Wildman–Crippen LogP) is 2.75. The second kappa shape index (κ2) is 7.85. The third-order valence-electron chi connectivity index (χ3n) is 3.28. The van der Waals surface area contributed by atoms with Crippen molar-refractivity contribution < 1.29 is 4.79 Å². The lowest BCUT2D eigenvalue weighted by Gasteiger charge is -2.18. The number of nitrogen functional groups attached to an aromatic ring is 1. The zero-order valence-electron chi connectivity index (χ0n) is 12.9. The van der Waals surface area contributed by atoms with E-state index in [4.69, 9.17) is 5.84 Å². The Labute approximate surface area is 121 Å². The van der Waals surface area contributed by atoms with E-state index in [-0.39, 0.29) is 11.8 Å². The normalized spacial score (nSPS) is 10.7. The number of carbonyl (C=O) groups is 1. The first-order valence-corrected chi connectivity index (χ1v) is 7.23. The number of hydrogen-bond acceptors (Lipinski definition) is 4. The van der Waals surface area contributed by atoms with Crippen molar-refractivity contribution in [3.05, 3.63) is 23.4 Å². The van der Waals surface area contributed by atoms with Crippen LogP contribution < -0.4 is 11.3 Å². The van der Waals surface area contributed by atoms with Gasteiger partial charge in [0.2, 0.25) is 0 Å². The number of nitrogens with one attached hydrogen (secondary N) is 1. The lowest BCUT2D eigenvalue weighted by Crippen LogP contribution is -2.28. The van der Waals surface area contributed by atoms with Crippen LogP contribution in [-0.4, -0.2) is 29.4 Å². The first-order valence-electron chi connectivity index (χ1n) is 7.23. The quantitative estimate of drug-likeness (QED) is 0.457. The molecule has 20 heavy (non-hydrogen) atoms. The molecule has 112 valence electrons. The Hall–Kier alpha value is -1.62. The van der Waals surface area contributed by atoms with Gasteiger partial charge in [0.15, 0.2) is 0 Å². The van der Waals surface area contributed by atoms with E-state index in [1.54, 1.807) is 11.0 Å². The van der Waals surface area contributed by atoms with Crippen molar-refractivity contribution in [3.63, 3.8) is 0 Å². The van der Waals surface area contributed by atoms with Crippen molar-refractivity contribution in [3.8, 4) is 0 Å². The van der Waals surface area contributed by atoms with Gasteiger partial charge in [-0.25, -0.2) is 10.8 Å². The molecular weight excluding hydrogens is 252 g/mol. The minimum Gasteiger partial charge on any atom is -0.342 e. The van der Waals surface area contributed by atoms with Crippen LogP contribution in [0.1, 0.15) is 62.0 Å². The van der Waals surface area contributed by atoms with Crippen molar-refractivity contribution >= 4 is 11.7 Å². The molecule has 1 aromatic heterocycles. The number of pyridine rings is 1. The highest BCUT2D eigenvalue weighted by Gasteiger charge is 2.15. The number of unbranched alkanes of at least 4 members (excludes halogenated alkanes) is 2. The molecule has 0 aliphatic rings. The van der Waals surface area contributed by atoms with Gasteiger partial charge in [0.1, 0.15) is 5.82 Å². The van der Waals surface area contributed by atoms with E-state index in [0.717, 1.165) is 31.5 Å². The highest BCUT2D eigenvalue weighted by molar-refractivity contribution is 5.94. The molecular formula is C15H26N4O. The van der Waals surface area contributed by atoms with Crippen LogP contribution in [0.5, 0.6) is 0 Å². The molecule has 3 N–H and O–H groups in total. The van der Waals surface area contributed by atoms with Crippen LogP contribution in [-0.2, 0) is 0 Å². The number of rotatable bonds is 7. The molecule has 0 fully saturated rings. The second-order valence-corrected chi connectivity index (χ2v) is 5.40. The Kier molecular flexibility index (Phi) is 6.45. The number of amides is 1. The number of nitrogens with two attached hydrogens (primary N) is 1. The number of hydrogen-bond donors (Lipinski definition) is 2. The molecule has 0 unspecified atom stereocenters. The molecule has 1 aromatic rings. The van der Waals surface area contributed by atoms with Crippen LogP contribution in [0.2, 0.25) is 0 Å². The van der Waals surface area contributed by atoms with Gasteiger partial charge in [-0.3, -0.25) is 4.79 Å². The molecule has 0 bridgehead atoms. The maximum absolute atomic E-state index is 12.4. The van der Waals surface area contributed by atoms with Gasteiger partial charge in [-0.1, -0.05) is 33.6 Å². The smallest absolute Gasteiger partial charge is 0.253 e. The lowest BCUT2D eigenvalue weighted by atomic mass is 10.1. The fourth-order valence-corrected chi connectivity index (χ4v) is 1.97. The number of carbonyl (C=O) groups excluding carboxylic acids is 1. The van der Waals surface area contributed by atoms with Crippen LogP contribution in [0.3, 0.4) is 0 Å². The van der Waals surface area contributed by atoms with Crippen molar-refractivity contribution in [2.24, 2.45) is 5.84 Å².